The van der Waals surface area contributed by atoms with E-state index in [1.807, 2.05) is 0 Å². The van der Waals surface area contributed by atoms with Crippen LogP contribution >= 0.6 is 0 Å². The summed E-state index contributed by atoms with van der Waals surface area (Å²) in [5, 5.41) is 0. The molecular formula is C26H29Cl2Zr. The summed E-state index contributed by atoms with van der Waals surface area (Å²) in [6, 6.07) is 13.9. The van der Waals surface area contributed by atoms with Gasteiger partial charge in [-0.25, -0.2) is 0 Å². The summed E-state index contributed by atoms with van der Waals surface area (Å²) in [5.74, 6) is 0.390. The normalized spacial score (nSPS) is 17.6. The van der Waals surface area contributed by atoms with E-state index in [2.05, 4.69) is 90.1 Å². The van der Waals surface area contributed by atoms with Crippen molar-refractivity contribution in [2.24, 2.45) is 0 Å². The van der Waals surface area contributed by atoms with E-state index in [0.29, 0.717) is 5.92 Å². The zero-order valence-electron chi connectivity index (χ0n) is 18.2. The number of halogens is 2. The van der Waals surface area contributed by atoms with Crippen LogP contribution in [0.15, 0.2) is 57.4 Å². The van der Waals surface area contributed by atoms with Gasteiger partial charge in [-0.1, -0.05) is 0 Å². The number of benzene rings is 2. The molecule has 0 fully saturated rings. The molecule has 0 heterocycles. The van der Waals surface area contributed by atoms with Crippen LogP contribution in [0.5, 0.6) is 0 Å². The summed E-state index contributed by atoms with van der Waals surface area (Å²) in [6.45, 7) is 14.2. The number of fused-ring (bicyclic) bond motifs is 3. The topological polar surface area (TPSA) is 0 Å². The molecule has 0 saturated carbocycles. The van der Waals surface area contributed by atoms with Crippen LogP contribution in [0.25, 0.3) is 11.1 Å². The van der Waals surface area contributed by atoms with Crippen LogP contribution in [0, 0.1) is 0 Å². The Morgan fingerprint density at radius 2 is 1.48 bits per heavy atom. The first-order valence-corrected chi connectivity index (χ1v) is 11.2. The molecule has 2 aliphatic rings. The smallest absolute Gasteiger partial charge is 1.00 e. The van der Waals surface area contributed by atoms with Crippen molar-refractivity contribution >= 4 is 0 Å². The van der Waals surface area contributed by atoms with Crippen molar-refractivity contribution in [1.29, 1.82) is 0 Å². The Morgan fingerprint density at radius 1 is 0.828 bits per heavy atom. The fourth-order valence-electron chi connectivity index (χ4n) is 4.85. The van der Waals surface area contributed by atoms with Crippen molar-refractivity contribution in [2.45, 2.75) is 64.7 Å². The number of hydrogen-bond acceptors (Lipinski definition) is 0. The summed E-state index contributed by atoms with van der Waals surface area (Å²) >= 11 is 1.56. The summed E-state index contributed by atoms with van der Waals surface area (Å²) in [6.07, 6.45) is 5.88. The molecule has 2 aromatic rings. The molecule has 29 heavy (non-hydrogen) atoms. The molecule has 2 aromatic carbocycles. The van der Waals surface area contributed by atoms with E-state index in [0.717, 1.165) is 6.42 Å². The van der Waals surface area contributed by atoms with E-state index in [4.69, 9.17) is 0 Å². The average molecular weight is 504 g/mol. The summed E-state index contributed by atoms with van der Waals surface area (Å²) in [5.41, 5.74) is 10.8. The van der Waals surface area contributed by atoms with Gasteiger partial charge in [0.25, 0.3) is 0 Å². The van der Waals surface area contributed by atoms with Gasteiger partial charge in [0.15, 0.2) is 0 Å². The van der Waals surface area contributed by atoms with Gasteiger partial charge in [-0.3, -0.25) is 0 Å². The first kappa shape index (κ1) is 24.7. The molecule has 4 rings (SSSR count). The maximum Gasteiger partial charge on any atom is -1.00 e. The van der Waals surface area contributed by atoms with Gasteiger partial charge >= 0.3 is 180 Å². The molecule has 0 spiro atoms. The van der Waals surface area contributed by atoms with E-state index in [1.165, 1.54) is 22.3 Å². The summed E-state index contributed by atoms with van der Waals surface area (Å²) in [7, 11) is 0. The van der Waals surface area contributed by atoms with Crippen LogP contribution < -0.4 is 24.8 Å². The fourth-order valence-corrected chi connectivity index (χ4v) is 5.70. The molecule has 1 unspecified atom stereocenters. The van der Waals surface area contributed by atoms with Crippen molar-refractivity contribution in [3.8, 4) is 11.1 Å². The van der Waals surface area contributed by atoms with Gasteiger partial charge in [-0.15, -0.1) is 0 Å². The number of allylic oxidation sites excluding steroid dienone is 4. The minimum absolute atomic E-state index is 0. The Morgan fingerprint density at radius 3 is 2.03 bits per heavy atom. The Hall–Kier alpha value is -0.617. The third-order valence-electron chi connectivity index (χ3n) is 5.93. The van der Waals surface area contributed by atoms with Crippen molar-refractivity contribution in [3.05, 3.63) is 79.7 Å². The predicted octanol–water partition coefficient (Wildman–Crippen LogP) is 1.16. The number of rotatable bonds is 1. The Balaban J connectivity index is 0.00000150. The second-order valence-corrected chi connectivity index (χ2v) is 11.5. The van der Waals surface area contributed by atoms with Gasteiger partial charge < -0.3 is 24.8 Å². The van der Waals surface area contributed by atoms with Gasteiger partial charge in [0.1, 0.15) is 0 Å². The summed E-state index contributed by atoms with van der Waals surface area (Å²) < 4.78 is 1.61. The van der Waals surface area contributed by atoms with E-state index in [9.17, 15) is 0 Å². The minimum Gasteiger partial charge on any atom is -1.00 e. The maximum atomic E-state index is 2.40. The Bertz CT molecular complexity index is 985. The maximum absolute atomic E-state index is 2.40. The van der Waals surface area contributed by atoms with Gasteiger partial charge in [0.05, 0.1) is 0 Å². The first-order chi connectivity index (χ1) is 12.6. The second-order valence-electron chi connectivity index (χ2n) is 10.0. The fraction of sp³-hybridized carbons (Fsp3) is 0.385. The van der Waals surface area contributed by atoms with Crippen molar-refractivity contribution in [3.63, 3.8) is 0 Å². The molecule has 0 saturated heterocycles. The van der Waals surface area contributed by atoms with Crippen LogP contribution in [0.4, 0.5) is 0 Å². The largest absolute Gasteiger partial charge is 1.00 e. The molecule has 0 nitrogen and oxygen atoms in total. The van der Waals surface area contributed by atoms with E-state index < -0.39 is 0 Å². The van der Waals surface area contributed by atoms with E-state index in [-0.39, 0.29) is 35.6 Å². The molecule has 1 atom stereocenters. The molecule has 151 valence electrons. The monoisotopic (exact) mass is 501 g/mol. The van der Waals surface area contributed by atoms with Crippen LogP contribution in [0.3, 0.4) is 0 Å². The molecule has 0 radical (unpaired) electrons. The molecule has 0 amide bonds. The van der Waals surface area contributed by atoms with Crippen molar-refractivity contribution in [2.75, 3.05) is 0 Å². The summed E-state index contributed by atoms with van der Waals surface area (Å²) in [4.78, 5) is 0. The predicted molar refractivity (Wildman–Crippen MR) is 112 cm³/mol. The van der Waals surface area contributed by atoms with Crippen LogP contribution in [0.1, 0.15) is 76.1 Å². The van der Waals surface area contributed by atoms with Crippen LogP contribution in [0.2, 0.25) is 0 Å². The molecule has 2 aliphatic carbocycles. The van der Waals surface area contributed by atoms with E-state index in [1.54, 1.807) is 44.7 Å². The zero-order valence-corrected chi connectivity index (χ0v) is 22.1. The van der Waals surface area contributed by atoms with Gasteiger partial charge in [-0.2, -0.15) is 0 Å². The molecule has 0 aliphatic heterocycles. The van der Waals surface area contributed by atoms with Crippen molar-refractivity contribution in [1.82, 2.24) is 0 Å². The van der Waals surface area contributed by atoms with Gasteiger partial charge in [-0.05, 0) is 0 Å². The van der Waals surface area contributed by atoms with Crippen LogP contribution in [-0.2, 0) is 35.5 Å². The zero-order chi connectivity index (χ0) is 19.6. The SMILES string of the molecule is CC(C)(C)c1ccc2c(c1C(C)(C)C)C(C1=[C]([Zr+2])CC=C1)c1ccccc1-2.[Cl-].[Cl-]. The second kappa shape index (κ2) is 8.49. The molecule has 0 N–H and O–H groups in total. The molecular weight excluding hydrogens is 474 g/mol. The Labute approximate surface area is 203 Å². The average Bonchev–Trinajstić information content (AvgIpc) is 3.13. The number of hydrogen-bond donors (Lipinski definition) is 0. The van der Waals surface area contributed by atoms with Crippen LogP contribution in [-0.4, -0.2) is 0 Å². The Kier molecular flexibility index (Phi) is 7.22. The quantitative estimate of drug-likeness (QED) is 0.548. The standard InChI is InChI=1S/C26H29.2ClH.Zr/c1-25(2,3)21-16-15-20-18-13-9-10-14-19(18)22(17-11-7-8-12-17)23(20)24(21)26(4,5)6;;;/h7,9-11,13-16,22H,8H2,1-6H3;2*1H;/q;;;+2/p-2. The molecule has 0 bridgehead atoms. The molecule has 3 heteroatoms. The third kappa shape index (κ3) is 4.13. The van der Waals surface area contributed by atoms with E-state index >= 15 is 0 Å². The van der Waals surface area contributed by atoms with Gasteiger partial charge in [0, 0.05) is 0 Å². The van der Waals surface area contributed by atoms with Gasteiger partial charge in [0.2, 0.25) is 0 Å². The minimum atomic E-state index is 0. The first-order valence-electron chi connectivity index (χ1n) is 9.99. The third-order valence-corrected chi connectivity index (χ3v) is 7.14. The van der Waals surface area contributed by atoms with Crippen molar-refractivity contribution < 1.29 is 49.5 Å². The molecule has 0 aromatic heterocycles.